The van der Waals surface area contributed by atoms with Gasteiger partial charge >= 0.3 is 0 Å². The summed E-state index contributed by atoms with van der Waals surface area (Å²) in [6, 6.07) is 7.22. The van der Waals surface area contributed by atoms with Crippen molar-refractivity contribution in [2.75, 3.05) is 6.54 Å². The summed E-state index contributed by atoms with van der Waals surface area (Å²) in [7, 11) is 0. The maximum Gasteiger partial charge on any atom is 0.244 e. The molecular weight excluding hydrogens is 289 g/mol. The Morgan fingerprint density at radius 3 is 2.95 bits per heavy atom. The number of aromatic nitrogens is 2. The van der Waals surface area contributed by atoms with Gasteiger partial charge < -0.3 is 14.9 Å². The molecule has 3 rings (SSSR count). The molecule has 5 nitrogen and oxygen atoms in total. The second kappa shape index (κ2) is 5.88. The molecule has 0 saturated carbocycles. The van der Waals surface area contributed by atoms with E-state index in [1.165, 1.54) is 0 Å². The number of aliphatic hydroxyl groups is 1. The van der Waals surface area contributed by atoms with Gasteiger partial charge in [-0.15, -0.1) is 12.4 Å². The summed E-state index contributed by atoms with van der Waals surface area (Å²) in [5.41, 5.74) is 0.816. The van der Waals surface area contributed by atoms with Crippen molar-refractivity contribution in [3.63, 3.8) is 0 Å². The lowest BCUT2D eigenvalue weighted by atomic mass is 10.2. The van der Waals surface area contributed by atoms with Crippen LogP contribution in [0.1, 0.15) is 18.4 Å². The fourth-order valence-corrected chi connectivity index (χ4v) is 2.22. The molecule has 1 saturated heterocycles. The maximum atomic E-state index is 9.45. The largest absolute Gasteiger partial charge is 0.392 e. The summed E-state index contributed by atoms with van der Waals surface area (Å²) in [5.74, 6) is 1.01. The van der Waals surface area contributed by atoms with Crippen molar-refractivity contribution in [1.29, 1.82) is 0 Å². The number of hydrogen-bond acceptors (Lipinski definition) is 5. The van der Waals surface area contributed by atoms with Crippen LogP contribution < -0.4 is 5.32 Å². The van der Waals surface area contributed by atoms with Gasteiger partial charge in [0.05, 0.1) is 12.1 Å². The van der Waals surface area contributed by atoms with Gasteiger partial charge in [0.2, 0.25) is 11.7 Å². The third kappa shape index (κ3) is 3.06. The minimum atomic E-state index is -0.350. The third-order valence-corrected chi connectivity index (χ3v) is 3.17. The number of halogens is 2. The van der Waals surface area contributed by atoms with E-state index in [1.807, 2.05) is 12.1 Å². The zero-order valence-electron chi connectivity index (χ0n) is 9.91. The number of benzene rings is 1. The Hall–Kier alpha value is -1.14. The monoisotopic (exact) mass is 301 g/mol. The fraction of sp³-hybridized carbons (Fsp3) is 0.333. The predicted molar refractivity (Wildman–Crippen MR) is 73.4 cm³/mol. The number of hydrogen-bond donors (Lipinski definition) is 2. The molecular formula is C12H13Cl2N3O2. The van der Waals surface area contributed by atoms with Crippen molar-refractivity contribution in [2.24, 2.45) is 0 Å². The molecule has 1 aliphatic heterocycles. The lowest BCUT2D eigenvalue weighted by molar-refractivity contribution is 0.191. The van der Waals surface area contributed by atoms with E-state index in [2.05, 4.69) is 15.5 Å². The number of rotatable bonds is 2. The molecule has 0 unspecified atom stereocenters. The first-order valence-corrected chi connectivity index (χ1v) is 6.11. The summed E-state index contributed by atoms with van der Waals surface area (Å²) in [6.07, 6.45) is 0.244. The third-order valence-electron chi connectivity index (χ3n) is 2.93. The summed E-state index contributed by atoms with van der Waals surface area (Å²) >= 11 is 5.92. The fourth-order valence-electron chi connectivity index (χ4n) is 2.03. The van der Waals surface area contributed by atoms with Gasteiger partial charge in [0, 0.05) is 17.1 Å². The lowest BCUT2D eigenvalue weighted by Crippen LogP contribution is -2.15. The second-order valence-corrected chi connectivity index (χ2v) is 4.75. The van der Waals surface area contributed by atoms with Gasteiger partial charge in [-0.05, 0) is 18.6 Å². The first kappa shape index (κ1) is 14.3. The van der Waals surface area contributed by atoms with E-state index in [9.17, 15) is 5.11 Å². The molecule has 2 atom stereocenters. The molecule has 1 aromatic carbocycles. The van der Waals surface area contributed by atoms with Crippen LogP contribution in [0.2, 0.25) is 5.02 Å². The van der Waals surface area contributed by atoms with Crippen molar-refractivity contribution in [3.05, 3.63) is 35.2 Å². The van der Waals surface area contributed by atoms with Crippen LogP contribution in [-0.4, -0.2) is 27.9 Å². The molecule has 0 bridgehead atoms. The van der Waals surface area contributed by atoms with E-state index in [-0.39, 0.29) is 24.6 Å². The van der Waals surface area contributed by atoms with Crippen LogP contribution in [-0.2, 0) is 0 Å². The van der Waals surface area contributed by atoms with Crippen molar-refractivity contribution in [2.45, 2.75) is 18.6 Å². The van der Waals surface area contributed by atoms with E-state index >= 15 is 0 Å². The zero-order valence-corrected chi connectivity index (χ0v) is 11.5. The molecule has 2 N–H and O–H groups in total. The molecule has 7 heteroatoms. The average molecular weight is 302 g/mol. The van der Waals surface area contributed by atoms with Crippen LogP contribution in [0, 0.1) is 0 Å². The number of β-amino-alcohol motifs (C(OH)–C–C–N with tert-alkyl or cyclic N) is 1. The Kier molecular flexibility index (Phi) is 4.42. The normalized spacial score (nSPS) is 22.2. The van der Waals surface area contributed by atoms with Gasteiger partial charge in [-0.1, -0.05) is 28.9 Å². The second-order valence-electron chi connectivity index (χ2n) is 4.32. The van der Waals surface area contributed by atoms with Crippen molar-refractivity contribution < 1.29 is 9.63 Å². The van der Waals surface area contributed by atoms with Gasteiger partial charge in [0.25, 0.3) is 0 Å². The molecule has 1 fully saturated rings. The van der Waals surface area contributed by atoms with Crippen LogP contribution in [0.4, 0.5) is 0 Å². The molecule has 1 aromatic heterocycles. The predicted octanol–water partition coefficient (Wildman–Crippen LogP) is 2.21. The molecule has 0 amide bonds. The summed E-state index contributed by atoms with van der Waals surface area (Å²) in [6.45, 7) is 0.555. The van der Waals surface area contributed by atoms with E-state index in [0.717, 1.165) is 5.56 Å². The van der Waals surface area contributed by atoms with Crippen molar-refractivity contribution in [3.8, 4) is 11.4 Å². The van der Waals surface area contributed by atoms with Crippen molar-refractivity contribution >= 4 is 24.0 Å². The van der Waals surface area contributed by atoms with E-state index in [1.54, 1.807) is 12.1 Å². The van der Waals surface area contributed by atoms with Crippen LogP contribution in [0.15, 0.2) is 28.8 Å². The minimum Gasteiger partial charge on any atom is -0.392 e. The van der Waals surface area contributed by atoms with Crippen LogP contribution in [0.25, 0.3) is 11.4 Å². The first-order chi connectivity index (χ1) is 8.72. The van der Waals surface area contributed by atoms with Crippen LogP contribution >= 0.6 is 24.0 Å². The van der Waals surface area contributed by atoms with E-state index < -0.39 is 0 Å². The molecule has 2 heterocycles. The highest BCUT2D eigenvalue weighted by Gasteiger charge is 2.28. The SMILES string of the molecule is Cl.O[C@H]1CN[C@@H](c2nc(-c3cccc(Cl)c3)no2)C1. The van der Waals surface area contributed by atoms with Crippen LogP contribution in [0.3, 0.4) is 0 Å². The average Bonchev–Trinajstić information content (AvgIpc) is 2.97. The maximum absolute atomic E-state index is 9.45. The first-order valence-electron chi connectivity index (χ1n) is 5.73. The summed E-state index contributed by atoms with van der Waals surface area (Å²) < 4.78 is 5.21. The summed E-state index contributed by atoms with van der Waals surface area (Å²) in [4.78, 5) is 4.33. The van der Waals surface area contributed by atoms with Gasteiger partial charge in [-0.3, -0.25) is 0 Å². The molecule has 19 heavy (non-hydrogen) atoms. The minimum absolute atomic E-state index is 0. The number of aliphatic hydroxyl groups excluding tert-OH is 1. The Morgan fingerprint density at radius 2 is 2.26 bits per heavy atom. The highest BCUT2D eigenvalue weighted by molar-refractivity contribution is 6.30. The van der Waals surface area contributed by atoms with Gasteiger partial charge in [-0.2, -0.15) is 4.98 Å². The summed E-state index contributed by atoms with van der Waals surface area (Å²) in [5, 5.41) is 17.1. The molecule has 1 aliphatic rings. The van der Waals surface area contributed by atoms with Gasteiger partial charge in [0.15, 0.2) is 0 Å². The molecule has 0 spiro atoms. The molecule has 102 valence electrons. The van der Waals surface area contributed by atoms with E-state index in [0.29, 0.717) is 29.7 Å². The zero-order chi connectivity index (χ0) is 12.5. The highest BCUT2D eigenvalue weighted by atomic mass is 35.5. The lowest BCUT2D eigenvalue weighted by Gasteiger charge is -2.01. The Morgan fingerprint density at radius 1 is 1.42 bits per heavy atom. The highest BCUT2D eigenvalue weighted by Crippen LogP contribution is 2.25. The Labute approximate surface area is 121 Å². The quantitative estimate of drug-likeness (QED) is 0.890. The topological polar surface area (TPSA) is 71.2 Å². The van der Waals surface area contributed by atoms with Gasteiger partial charge in [0.1, 0.15) is 0 Å². The molecule has 0 radical (unpaired) electrons. The smallest absolute Gasteiger partial charge is 0.244 e. The van der Waals surface area contributed by atoms with Crippen molar-refractivity contribution in [1.82, 2.24) is 15.5 Å². The Balaban J connectivity index is 0.00000133. The van der Waals surface area contributed by atoms with Crippen LogP contribution in [0.5, 0.6) is 0 Å². The van der Waals surface area contributed by atoms with E-state index in [4.69, 9.17) is 16.1 Å². The number of nitrogens with one attached hydrogen (secondary N) is 1. The Bertz CT molecular complexity index is 561. The standard InChI is InChI=1S/C12H12ClN3O2.ClH/c13-8-3-1-2-7(4-8)11-15-12(18-16-11)10-5-9(17)6-14-10;/h1-4,9-10,14,17H,5-6H2;1H/t9-,10-;/m1./s1. The molecule has 2 aromatic rings. The van der Waals surface area contributed by atoms with Gasteiger partial charge in [-0.25, -0.2) is 0 Å². The molecule has 0 aliphatic carbocycles. The number of nitrogens with zero attached hydrogens (tertiary/aromatic N) is 2.